The van der Waals surface area contributed by atoms with Crippen LogP contribution in [0.15, 0.2) is 54.6 Å². The number of ether oxygens (including phenoxy) is 1. The third-order valence-corrected chi connectivity index (χ3v) is 4.47. The highest BCUT2D eigenvalue weighted by Gasteiger charge is 2.19. The number of hydrogen-bond acceptors (Lipinski definition) is 3. The van der Waals surface area contributed by atoms with Gasteiger partial charge >= 0.3 is 0 Å². The van der Waals surface area contributed by atoms with E-state index in [2.05, 4.69) is 5.32 Å². The van der Waals surface area contributed by atoms with Crippen molar-refractivity contribution in [1.82, 2.24) is 4.90 Å². The van der Waals surface area contributed by atoms with Gasteiger partial charge in [-0.15, -0.1) is 0 Å². The zero-order valence-corrected chi connectivity index (χ0v) is 15.0. The van der Waals surface area contributed by atoms with Gasteiger partial charge in [-0.2, -0.15) is 0 Å². The number of carbonyl (C=O) groups is 2. The summed E-state index contributed by atoms with van der Waals surface area (Å²) >= 11 is 0. The van der Waals surface area contributed by atoms with Crippen molar-refractivity contribution in [2.24, 2.45) is 0 Å². The normalized spacial score (nSPS) is 15.2. The molecule has 0 aromatic heterocycles. The van der Waals surface area contributed by atoms with Gasteiger partial charge in [-0.05, 0) is 62.6 Å². The van der Waals surface area contributed by atoms with Crippen LogP contribution in [0.1, 0.15) is 36.5 Å². The number of para-hydroxylation sites is 1. The molecule has 0 aliphatic carbocycles. The van der Waals surface area contributed by atoms with E-state index in [1.54, 1.807) is 31.2 Å². The fourth-order valence-electron chi connectivity index (χ4n) is 2.98. The van der Waals surface area contributed by atoms with Gasteiger partial charge in [-0.3, -0.25) is 9.59 Å². The van der Waals surface area contributed by atoms with Crippen LogP contribution >= 0.6 is 0 Å². The lowest BCUT2D eigenvalue weighted by Gasteiger charge is -2.26. The second-order valence-corrected chi connectivity index (χ2v) is 6.49. The van der Waals surface area contributed by atoms with E-state index < -0.39 is 6.10 Å². The molecule has 0 spiro atoms. The van der Waals surface area contributed by atoms with Crippen molar-refractivity contribution in [2.75, 3.05) is 18.4 Å². The molecule has 1 fully saturated rings. The number of nitrogens with one attached hydrogen (secondary N) is 1. The molecule has 2 aromatic rings. The number of amides is 2. The monoisotopic (exact) mass is 352 g/mol. The highest BCUT2D eigenvalue weighted by Crippen LogP contribution is 2.16. The van der Waals surface area contributed by atoms with Gasteiger partial charge in [0.05, 0.1) is 0 Å². The molecule has 1 aliphatic rings. The van der Waals surface area contributed by atoms with Crippen molar-refractivity contribution in [3.8, 4) is 5.75 Å². The lowest BCUT2D eigenvalue weighted by Crippen LogP contribution is -2.35. The molecule has 2 aromatic carbocycles. The highest BCUT2D eigenvalue weighted by molar-refractivity contribution is 5.96. The second kappa shape index (κ2) is 8.52. The van der Waals surface area contributed by atoms with Crippen LogP contribution in [0.3, 0.4) is 0 Å². The summed E-state index contributed by atoms with van der Waals surface area (Å²) in [5.74, 6) is 0.477. The van der Waals surface area contributed by atoms with Crippen LogP contribution in [0, 0.1) is 0 Å². The van der Waals surface area contributed by atoms with Crippen molar-refractivity contribution in [3.63, 3.8) is 0 Å². The Morgan fingerprint density at radius 2 is 1.62 bits per heavy atom. The molecule has 1 N–H and O–H groups in total. The Bertz CT molecular complexity index is 738. The minimum Gasteiger partial charge on any atom is -0.481 e. The zero-order chi connectivity index (χ0) is 18.4. The molecular formula is C21H24N2O3. The first kappa shape index (κ1) is 18.0. The van der Waals surface area contributed by atoms with E-state index in [9.17, 15) is 9.59 Å². The maximum absolute atomic E-state index is 12.5. The van der Waals surface area contributed by atoms with E-state index >= 15 is 0 Å². The quantitative estimate of drug-likeness (QED) is 0.892. The number of nitrogens with zero attached hydrogens (tertiary/aromatic N) is 1. The first-order chi connectivity index (χ1) is 12.6. The molecule has 0 radical (unpaired) electrons. The predicted molar refractivity (Wildman–Crippen MR) is 101 cm³/mol. The molecule has 1 heterocycles. The number of carbonyl (C=O) groups excluding carboxylic acids is 2. The summed E-state index contributed by atoms with van der Waals surface area (Å²) < 4.78 is 5.62. The van der Waals surface area contributed by atoms with Crippen molar-refractivity contribution >= 4 is 17.5 Å². The molecule has 1 unspecified atom stereocenters. The van der Waals surface area contributed by atoms with E-state index in [4.69, 9.17) is 4.74 Å². The fraction of sp³-hybridized carbons (Fsp3) is 0.333. The van der Waals surface area contributed by atoms with Crippen LogP contribution < -0.4 is 10.1 Å². The van der Waals surface area contributed by atoms with Crippen LogP contribution in [-0.2, 0) is 4.79 Å². The lowest BCUT2D eigenvalue weighted by atomic mass is 10.1. The van der Waals surface area contributed by atoms with Gasteiger partial charge in [0.2, 0.25) is 0 Å². The van der Waals surface area contributed by atoms with Crippen LogP contribution in [0.5, 0.6) is 5.75 Å². The Kier molecular flexibility index (Phi) is 5.89. The number of rotatable bonds is 5. The van der Waals surface area contributed by atoms with Gasteiger partial charge in [0.15, 0.2) is 6.10 Å². The zero-order valence-electron chi connectivity index (χ0n) is 15.0. The molecule has 5 nitrogen and oxygen atoms in total. The molecule has 1 atom stereocenters. The summed E-state index contributed by atoms with van der Waals surface area (Å²) in [4.78, 5) is 26.6. The average molecular weight is 352 g/mol. The smallest absolute Gasteiger partial charge is 0.265 e. The summed E-state index contributed by atoms with van der Waals surface area (Å²) in [5, 5.41) is 2.82. The standard InChI is InChI=1S/C21H24N2O3/c1-16(26-19-8-4-2-5-9-19)20(24)22-18-12-10-17(11-13-18)21(25)23-14-6-3-7-15-23/h2,4-5,8-13,16H,3,6-7,14-15H2,1H3,(H,22,24). The first-order valence-electron chi connectivity index (χ1n) is 9.05. The van der Waals surface area contributed by atoms with Gasteiger partial charge in [0.25, 0.3) is 11.8 Å². The Hall–Kier alpha value is -2.82. The molecule has 2 amide bonds. The second-order valence-electron chi connectivity index (χ2n) is 6.49. The van der Waals surface area contributed by atoms with Crippen molar-refractivity contribution in [2.45, 2.75) is 32.3 Å². The molecular weight excluding hydrogens is 328 g/mol. The van der Waals surface area contributed by atoms with Gasteiger partial charge in [0, 0.05) is 24.3 Å². The van der Waals surface area contributed by atoms with Gasteiger partial charge in [-0.25, -0.2) is 0 Å². The molecule has 3 rings (SSSR count). The first-order valence-corrected chi connectivity index (χ1v) is 9.05. The van der Waals surface area contributed by atoms with Crippen LogP contribution in [0.25, 0.3) is 0 Å². The minimum absolute atomic E-state index is 0.0587. The topological polar surface area (TPSA) is 58.6 Å². The van der Waals surface area contributed by atoms with Crippen molar-refractivity contribution in [3.05, 3.63) is 60.2 Å². The van der Waals surface area contributed by atoms with Crippen LogP contribution in [0.2, 0.25) is 0 Å². The molecule has 0 saturated carbocycles. The molecule has 26 heavy (non-hydrogen) atoms. The summed E-state index contributed by atoms with van der Waals surface area (Å²) in [7, 11) is 0. The Labute approximate surface area is 154 Å². The van der Waals surface area contributed by atoms with E-state index in [0.29, 0.717) is 17.0 Å². The van der Waals surface area contributed by atoms with Crippen LogP contribution in [-0.4, -0.2) is 35.9 Å². The van der Waals surface area contributed by atoms with E-state index in [1.165, 1.54) is 6.42 Å². The van der Waals surface area contributed by atoms with Gasteiger partial charge in [0.1, 0.15) is 5.75 Å². The van der Waals surface area contributed by atoms with Crippen molar-refractivity contribution < 1.29 is 14.3 Å². The van der Waals surface area contributed by atoms with E-state index in [1.807, 2.05) is 35.2 Å². The molecule has 1 aliphatic heterocycles. The fourth-order valence-corrected chi connectivity index (χ4v) is 2.98. The summed E-state index contributed by atoms with van der Waals surface area (Å²) in [6.07, 6.45) is 2.71. The molecule has 1 saturated heterocycles. The maximum atomic E-state index is 12.5. The number of benzene rings is 2. The van der Waals surface area contributed by atoms with E-state index in [-0.39, 0.29) is 11.8 Å². The third-order valence-electron chi connectivity index (χ3n) is 4.47. The number of hydrogen-bond donors (Lipinski definition) is 1. The Balaban J connectivity index is 1.56. The van der Waals surface area contributed by atoms with Gasteiger partial charge < -0.3 is 15.0 Å². The summed E-state index contributed by atoms with van der Waals surface area (Å²) in [6.45, 7) is 3.36. The number of piperidine rings is 1. The minimum atomic E-state index is -0.618. The molecule has 0 bridgehead atoms. The average Bonchev–Trinajstić information content (AvgIpc) is 2.69. The van der Waals surface area contributed by atoms with Gasteiger partial charge in [-0.1, -0.05) is 18.2 Å². The van der Waals surface area contributed by atoms with E-state index in [0.717, 1.165) is 25.9 Å². The summed E-state index contributed by atoms with van der Waals surface area (Å²) in [5.41, 5.74) is 1.30. The largest absolute Gasteiger partial charge is 0.481 e. The van der Waals surface area contributed by atoms with Crippen molar-refractivity contribution in [1.29, 1.82) is 0 Å². The SMILES string of the molecule is CC(Oc1ccccc1)C(=O)Nc1ccc(C(=O)N2CCCCC2)cc1. The number of likely N-dealkylation sites (tertiary alicyclic amines) is 1. The molecule has 5 heteroatoms. The summed E-state index contributed by atoms with van der Waals surface area (Å²) in [6, 6.07) is 16.3. The maximum Gasteiger partial charge on any atom is 0.265 e. The lowest BCUT2D eigenvalue weighted by molar-refractivity contribution is -0.122. The highest BCUT2D eigenvalue weighted by atomic mass is 16.5. The third kappa shape index (κ3) is 4.63. The molecule has 136 valence electrons. The Morgan fingerprint density at radius 1 is 0.962 bits per heavy atom. The van der Waals surface area contributed by atoms with Crippen LogP contribution in [0.4, 0.5) is 5.69 Å². The predicted octanol–water partition coefficient (Wildman–Crippen LogP) is 3.72. The number of anilines is 1. The Morgan fingerprint density at radius 3 is 2.27 bits per heavy atom.